The van der Waals surface area contributed by atoms with Crippen LogP contribution in [0.3, 0.4) is 0 Å². The van der Waals surface area contributed by atoms with Gasteiger partial charge in [0.05, 0.1) is 11.0 Å². The van der Waals surface area contributed by atoms with E-state index in [-0.39, 0.29) is 36.4 Å². The SMILES string of the molecule is CCNC(=NCC(=O)N(C)C)NCCc1nc2ccccc2[nH]1.I. The molecule has 1 amide bonds. The van der Waals surface area contributed by atoms with Crippen LogP contribution < -0.4 is 10.6 Å². The van der Waals surface area contributed by atoms with E-state index >= 15 is 0 Å². The average Bonchev–Trinajstić information content (AvgIpc) is 2.94. The molecule has 0 saturated heterocycles. The lowest BCUT2D eigenvalue weighted by Gasteiger charge is -2.12. The van der Waals surface area contributed by atoms with Crippen LogP contribution >= 0.6 is 24.0 Å². The first-order valence-electron chi connectivity index (χ1n) is 7.76. The number of benzene rings is 1. The lowest BCUT2D eigenvalue weighted by molar-refractivity contribution is -0.127. The summed E-state index contributed by atoms with van der Waals surface area (Å²) < 4.78 is 0. The van der Waals surface area contributed by atoms with Crippen molar-refractivity contribution < 1.29 is 4.79 Å². The van der Waals surface area contributed by atoms with Gasteiger partial charge >= 0.3 is 0 Å². The van der Waals surface area contributed by atoms with Crippen LogP contribution in [0.2, 0.25) is 0 Å². The molecular weight excluding hydrogens is 419 g/mol. The number of carbonyl (C=O) groups excluding carboxylic acids is 1. The van der Waals surface area contributed by atoms with E-state index in [1.807, 2.05) is 31.2 Å². The second kappa shape index (κ2) is 10.1. The molecule has 0 saturated carbocycles. The number of amides is 1. The summed E-state index contributed by atoms with van der Waals surface area (Å²) in [6, 6.07) is 7.96. The molecule has 2 rings (SSSR count). The number of hydrogen-bond acceptors (Lipinski definition) is 3. The lowest BCUT2D eigenvalue weighted by atomic mass is 10.3. The number of halogens is 1. The smallest absolute Gasteiger partial charge is 0.243 e. The van der Waals surface area contributed by atoms with Gasteiger partial charge in [-0.05, 0) is 19.1 Å². The lowest BCUT2D eigenvalue weighted by Crippen LogP contribution is -2.39. The maximum atomic E-state index is 11.6. The fraction of sp³-hybridized carbons (Fsp3) is 0.438. The molecule has 0 unspecified atom stereocenters. The number of para-hydroxylation sites is 2. The number of fused-ring (bicyclic) bond motifs is 1. The number of H-pyrrole nitrogens is 1. The molecular formula is C16H25IN6O. The number of aliphatic imine (C=N–C) groups is 1. The first kappa shape index (κ1) is 20.2. The van der Waals surface area contributed by atoms with Gasteiger partial charge in [-0.3, -0.25) is 4.79 Å². The highest BCUT2D eigenvalue weighted by molar-refractivity contribution is 14.0. The van der Waals surface area contributed by atoms with E-state index in [2.05, 4.69) is 25.6 Å². The first-order valence-corrected chi connectivity index (χ1v) is 7.76. The minimum absolute atomic E-state index is 0. The third kappa shape index (κ3) is 5.99. The Kier molecular flexibility index (Phi) is 8.51. The predicted octanol–water partition coefficient (Wildman–Crippen LogP) is 1.37. The standard InChI is InChI=1S/C16H24N6O.HI/c1-4-17-16(19-11-15(23)22(2)3)18-10-9-14-20-12-7-5-6-8-13(12)21-14;/h5-8H,4,9-11H2,1-3H3,(H,20,21)(H2,17,18,19);1H. The largest absolute Gasteiger partial charge is 0.357 e. The normalized spacial score (nSPS) is 11.0. The molecule has 8 heteroatoms. The van der Waals surface area contributed by atoms with Crippen molar-refractivity contribution in [3.63, 3.8) is 0 Å². The molecule has 1 heterocycles. The number of carbonyl (C=O) groups is 1. The van der Waals surface area contributed by atoms with Gasteiger partial charge < -0.3 is 20.5 Å². The van der Waals surface area contributed by atoms with Gasteiger partial charge in [0.15, 0.2) is 5.96 Å². The zero-order valence-electron chi connectivity index (χ0n) is 14.3. The van der Waals surface area contributed by atoms with E-state index in [9.17, 15) is 4.79 Å². The number of hydrogen-bond donors (Lipinski definition) is 3. The molecule has 2 aromatic rings. The second-order valence-corrected chi connectivity index (χ2v) is 5.36. The Hall–Kier alpha value is -1.84. The number of likely N-dealkylation sites (N-methyl/N-ethyl adjacent to an activating group) is 1. The molecule has 3 N–H and O–H groups in total. The monoisotopic (exact) mass is 444 g/mol. The van der Waals surface area contributed by atoms with E-state index in [1.54, 1.807) is 14.1 Å². The second-order valence-electron chi connectivity index (χ2n) is 5.36. The van der Waals surface area contributed by atoms with Gasteiger partial charge in [-0.25, -0.2) is 9.98 Å². The van der Waals surface area contributed by atoms with Crippen molar-refractivity contribution in [1.82, 2.24) is 25.5 Å². The zero-order chi connectivity index (χ0) is 16.7. The van der Waals surface area contributed by atoms with Gasteiger partial charge in [-0.15, -0.1) is 24.0 Å². The highest BCUT2D eigenvalue weighted by Gasteiger charge is 2.05. The van der Waals surface area contributed by atoms with Crippen molar-refractivity contribution in [2.75, 3.05) is 33.7 Å². The van der Waals surface area contributed by atoms with Crippen LogP contribution in [0.5, 0.6) is 0 Å². The Morgan fingerprint density at radius 3 is 2.71 bits per heavy atom. The molecule has 1 aromatic heterocycles. The molecule has 0 aliphatic heterocycles. The van der Waals surface area contributed by atoms with Crippen LogP contribution in [0.4, 0.5) is 0 Å². The quantitative estimate of drug-likeness (QED) is 0.357. The molecule has 1 aromatic carbocycles. The van der Waals surface area contributed by atoms with Crippen LogP contribution in [-0.4, -0.2) is 60.5 Å². The maximum absolute atomic E-state index is 11.6. The van der Waals surface area contributed by atoms with E-state index in [0.29, 0.717) is 12.5 Å². The average molecular weight is 444 g/mol. The fourth-order valence-electron chi connectivity index (χ4n) is 2.05. The van der Waals surface area contributed by atoms with Crippen molar-refractivity contribution >= 4 is 46.9 Å². The molecule has 132 valence electrons. The Balaban J connectivity index is 0.00000288. The molecule has 7 nitrogen and oxygen atoms in total. The third-order valence-corrected chi connectivity index (χ3v) is 3.31. The fourth-order valence-corrected chi connectivity index (χ4v) is 2.05. The maximum Gasteiger partial charge on any atom is 0.243 e. The van der Waals surface area contributed by atoms with Crippen molar-refractivity contribution in [3.05, 3.63) is 30.1 Å². The first-order chi connectivity index (χ1) is 11.1. The van der Waals surface area contributed by atoms with Crippen molar-refractivity contribution in [2.24, 2.45) is 4.99 Å². The molecule has 0 atom stereocenters. The van der Waals surface area contributed by atoms with Gasteiger partial charge in [-0.1, -0.05) is 12.1 Å². The van der Waals surface area contributed by atoms with E-state index in [1.165, 1.54) is 4.90 Å². The van der Waals surface area contributed by atoms with Crippen molar-refractivity contribution in [3.8, 4) is 0 Å². The van der Waals surface area contributed by atoms with Crippen LogP contribution in [0.15, 0.2) is 29.3 Å². The summed E-state index contributed by atoms with van der Waals surface area (Å²) in [4.78, 5) is 25.2. The summed E-state index contributed by atoms with van der Waals surface area (Å²) in [5.74, 6) is 1.54. The summed E-state index contributed by atoms with van der Waals surface area (Å²) >= 11 is 0. The van der Waals surface area contributed by atoms with Crippen LogP contribution in [-0.2, 0) is 11.2 Å². The number of aromatic amines is 1. The van der Waals surface area contributed by atoms with Crippen LogP contribution in [0.1, 0.15) is 12.7 Å². The summed E-state index contributed by atoms with van der Waals surface area (Å²) in [6.45, 7) is 3.55. The topological polar surface area (TPSA) is 85.4 Å². The van der Waals surface area contributed by atoms with Crippen LogP contribution in [0, 0.1) is 0 Å². The van der Waals surface area contributed by atoms with Gasteiger partial charge in [0.2, 0.25) is 5.91 Å². The summed E-state index contributed by atoms with van der Waals surface area (Å²) in [6.07, 6.45) is 0.751. The number of nitrogens with zero attached hydrogens (tertiary/aromatic N) is 3. The molecule has 0 aliphatic rings. The summed E-state index contributed by atoms with van der Waals surface area (Å²) in [5.41, 5.74) is 2.01. The Labute approximate surface area is 159 Å². The molecule has 0 fully saturated rings. The van der Waals surface area contributed by atoms with E-state index in [0.717, 1.165) is 29.8 Å². The number of nitrogens with one attached hydrogen (secondary N) is 3. The van der Waals surface area contributed by atoms with E-state index < -0.39 is 0 Å². The number of guanidine groups is 1. The Morgan fingerprint density at radius 1 is 1.29 bits per heavy atom. The van der Waals surface area contributed by atoms with Gasteiger partial charge in [-0.2, -0.15) is 0 Å². The minimum atomic E-state index is -0.0283. The highest BCUT2D eigenvalue weighted by atomic mass is 127. The number of rotatable bonds is 6. The zero-order valence-corrected chi connectivity index (χ0v) is 16.6. The summed E-state index contributed by atoms with van der Waals surface area (Å²) in [7, 11) is 3.44. The van der Waals surface area contributed by atoms with Crippen LogP contribution in [0.25, 0.3) is 11.0 Å². The number of imidazole rings is 1. The van der Waals surface area contributed by atoms with Crippen molar-refractivity contribution in [2.45, 2.75) is 13.3 Å². The van der Waals surface area contributed by atoms with Gasteiger partial charge in [0.25, 0.3) is 0 Å². The Bertz CT molecular complexity index is 649. The van der Waals surface area contributed by atoms with E-state index in [4.69, 9.17) is 0 Å². The van der Waals surface area contributed by atoms with Gasteiger partial charge in [0.1, 0.15) is 12.4 Å². The highest BCUT2D eigenvalue weighted by Crippen LogP contribution is 2.10. The predicted molar refractivity (Wildman–Crippen MR) is 108 cm³/mol. The minimum Gasteiger partial charge on any atom is -0.357 e. The molecule has 24 heavy (non-hydrogen) atoms. The van der Waals surface area contributed by atoms with Crippen molar-refractivity contribution in [1.29, 1.82) is 0 Å². The molecule has 0 radical (unpaired) electrons. The summed E-state index contributed by atoms with van der Waals surface area (Å²) in [5, 5.41) is 6.34. The number of aromatic nitrogens is 2. The molecule has 0 bridgehead atoms. The van der Waals surface area contributed by atoms with Gasteiger partial charge in [0, 0.05) is 33.6 Å². The molecule has 0 spiro atoms. The third-order valence-electron chi connectivity index (χ3n) is 3.31. The molecule has 0 aliphatic carbocycles. The Morgan fingerprint density at radius 2 is 2.04 bits per heavy atom.